The number of amides is 1. The van der Waals surface area contributed by atoms with Gasteiger partial charge in [0.2, 0.25) is 5.91 Å². The number of aliphatic hydroxyl groups is 1. The molecule has 6 heteroatoms. The van der Waals surface area contributed by atoms with Gasteiger partial charge in [-0.15, -0.1) is 0 Å². The van der Waals surface area contributed by atoms with E-state index in [0.717, 1.165) is 11.3 Å². The summed E-state index contributed by atoms with van der Waals surface area (Å²) in [7, 11) is 0. The predicted molar refractivity (Wildman–Crippen MR) is 103 cm³/mol. The van der Waals surface area contributed by atoms with E-state index >= 15 is 0 Å². The third-order valence-electron chi connectivity index (χ3n) is 4.86. The lowest BCUT2D eigenvalue weighted by Gasteiger charge is -2.35. The van der Waals surface area contributed by atoms with Gasteiger partial charge in [0.1, 0.15) is 12.1 Å². The van der Waals surface area contributed by atoms with Gasteiger partial charge in [-0.3, -0.25) is 4.79 Å². The molecule has 27 heavy (non-hydrogen) atoms. The molecule has 0 radical (unpaired) electrons. The van der Waals surface area contributed by atoms with E-state index < -0.39 is 12.1 Å². The zero-order valence-electron chi connectivity index (χ0n) is 14.9. The van der Waals surface area contributed by atoms with Crippen LogP contribution in [0.3, 0.4) is 0 Å². The lowest BCUT2D eigenvalue weighted by molar-refractivity contribution is -0.124. The van der Waals surface area contributed by atoms with Crippen molar-refractivity contribution in [1.82, 2.24) is 14.9 Å². The quantitative estimate of drug-likeness (QED) is 0.728. The van der Waals surface area contributed by atoms with Gasteiger partial charge in [-0.2, -0.15) is 0 Å². The second kappa shape index (κ2) is 7.73. The molecule has 0 saturated carbocycles. The van der Waals surface area contributed by atoms with Crippen molar-refractivity contribution < 1.29 is 9.90 Å². The number of benzene rings is 2. The van der Waals surface area contributed by atoms with Crippen LogP contribution in [0.25, 0.3) is 0 Å². The van der Waals surface area contributed by atoms with E-state index in [9.17, 15) is 9.90 Å². The Balaban J connectivity index is 1.55. The summed E-state index contributed by atoms with van der Waals surface area (Å²) in [6.07, 6.45) is 2.34. The van der Waals surface area contributed by atoms with Crippen molar-refractivity contribution in [2.24, 2.45) is 0 Å². The Morgan fingerprint density at radius 2 is 1.81 bits per heavy atom. The van der Waals surface area contributed by atoms with Crippen LogP contribution in [-0.4, -0.2) is 39.7 Å². The van der Waals surface area contributed by atoms with Crippen LogP contribution >= 0.6 is 0 Å². The van der Waals surface area contributed by atoms with Crippen LogP contribution < -0.4 is 10.2 Å². The molecule has 4 rings (SSSR count). The smallest absolute Gasteiger partial charge is 0.247 e. The fraction of sp³-hybridized carbons (Fsp3) is 0.238. The van der Waals surface area contributed by atoms with Gasteiger partial charge in [0.05, 0.1) is 18.2 Å². The Bertz CT molecular complexity index is 895. The van der Waals surface area contributed by atoms with E-state index in [1.54, 1.807) is 17.4 Å². The molecule has 2 atom stereocenters. The molecule has 2 unspecified atom stereocenters. The van der Waals surface area contributed by atoms with E-state index in [4.69, 9.17) is 0 Å². The first-order chi connectivity index (χ1) is 13.2. The summed E-state index contributed by atoms with van der Waals surface area (Å²) in [6, 6.07) is 18.8. The summed E-state index contributed by atoms with van der Waals surface area (Å²) < 4.78 is 1.89. The molecule has 1 aliphatic rings. The van der Waals surface area contributed by atoms with Gasteiger partial charge in [-0.1, -0.05) is 48.5 Å². The molecule has 1 amide bonds. The highest BCUT2D eigenvalue weighted by Crippen LogP contribution is 2.24. The fourth-order valence-electron chi connectivity index (χ4n) is 3.47. The third-order valence-corrected chi connectivity index (χ3v) is 4.86. The van der Waals surface area contributed by atoms with Crippen molar-refractivity contribution in [3.05, 3.63) is 84.4 Å². The number of hydrogen-bond donors (Lipinski definition) is 2. The molecule has 1 fully saturated rings. The number of carbonyl (C=O) groups is 1. The van der Waals surface area contributed by atoms with Crippen molar-refractivity contribution in [2.45, 2.75) is 18.7 Å². The van der Waals surface area contributed by atoms with Crippen LogP contribution in [0.15, 0.2) is 73.2 Å². The maximum Gasteiger partial charge on any atom is 0.247 e. The van der Waals surface area contributed by atoms with E-state index in [1.165, 1.54) is 0 Å². The molecule has 1 saturated heterocycles. The van der Waals surface area contributed by atoms with Crippen LogP contribution in [-0.2, 0) is 11.3 Å². The number of carbonyl (C=O) groups excluding carboxylic acids is 1. The van der Waals surface area contributed by atoms with Crippen LogP contribution in [0.1, 0.15) is 17.4 Å². The summed E-state index contributed by atoms with van der Waals surface area (Å²) >= 11 is 0. The normalized spacial score (nSPS) is 18.5. The molecule has 6 nitrogen and oxygen atoms in total. The van der Waals surface area contributed by atoms with Crippen molar-refractivity contribution in [3.63, 3.8) is 0 Å². The van der Waals surface area contributed by atoms with Crippen molar-refractivity contribution in [3.8, 4) is 0 Å². The Labute approximate surface area is 158 Å². The zero-order chi connectivity index (χ0) is 18.6. The van der Waals surface area contributed by atoms with Gasteiger partial charge >= 0.3 is 0 Å². The molecular formula is C21H22N4O2. The Morgan fingerprint density at radius 1 is 1.11 bits per heavy atom. The molecule has 2 aromatic carbocycles. The maximum atomic E-state index is 13.0. The summed E-state index contributed by atoms with van der Waals surface area (Å²) in [6.45, 7) is 1.79. The second-order valence-corrected chi connectivity index (χ2v) is 6.63. The Morgan fingerprint density at radius 3 is 2.56 bits per heavy atom. The van der Waals surface area contributed by atoms with Crippen LogP contribution in [0.2, 0.25) is 0 Å². The minimum absolute atomic E-state index is 0.132. The van der Waals surface area contributed by atoms with Gasteiger partial charge in [-0.25, -0.2) is 4.98 Å². The zero-order valence-corrected chi connectivity index (χ0v) is 14.9. The van der Waals surface area contributed by atoms with Gasteiger partial charge in [0.15, 0.2) is 0 Å². The minimum atomic E-state index is -0.977. The number of imidazole rings is 1. The van der Waals surface area contributed by atoms with Crippen LogP contribution in [0.5, 0.6) is 0 Å². The molecule has 0 bridgehead atoms. The molecule has 0 spiro atoms. The first-order valence-corrected chi connectivity index (χ1v) is 9.06. The summed E-state index contributed by atoms with van der Waals surface area (Å²) in [5.41, 5.74) is 2.58. The lowest BCUT2D eigenvalue weighted by atomic mass is 10.0. The van der Waals surface area contributed by atoms with Crippen molar-refractivity contribution in [1.29, 1.82) is 0 Å². The van der Waals surface area contributed by atoms with E-state index in [1.807, 2.05) is 65.2 Å². The summed E-state index contributed by atoms with van der Waals surface area (Å²) in [4.78, 5) is 18.9. The number of piperazine rings is 1. The van der Waals surface area contributed by atoms with Crippen LogP contribution in [0.4, 0.5) is 5.69 Å². The van der Waals surface area contributed by atoms with Gasteiger partial charge in [-0.05, 0) is 17.7 Å². The number of para-hydroxylation sites is 1. The molecule has 138 valence electrons. The molecule has 3 aromatic rings. The minimum Gasteiger partial charge on any atom is -0.385 e. The SMILES string of the molecule is O=C1C(C(O)c2cncn2Cc2ccccc2)NCCN1c1ccccc1. The summed E-state index contributed by atoms with van der Waals surface area (Å²) in [5, 5.41) is 14.1. The fourth-order valence-corrected chi connectivity index (χ4v) is 3.47. The number of rotatable bonds is 5. The topological polar surface area (TPSA) is 70.4 Å². The van der Waals surface area contributed by atoms with E-state index in [2.05, 4.69) is 10.3 Å². The number of aliphatic hydroxyl groups excluding tert-OH is 1. The third kappa shape index (κ3) is 3.63. The average Bonchev–Trinajstić information content (AvgIpc) is 3.17. The summed E-state index contributed by atoms with van der Waals surface area (Å²) in [5.74, 6) is -0.132. The Kier molecular flexibility index (Phi) is 5.00. The highest BCUT2D eigenvalue weighted by atomic mass is 16.3. The lowest BCUT2D eigenvalue weighted by Crippen LogP contribution is -2.57. The molecule has 1 aliphatic heterocycles. The number of hydrogen-bond acceptors (Lipinski definition) is 4. The largest absolute Gasteiger partial charge is 0.385 e. The second-order valence-electron chi connectivity index (χ2n) is 6.63. The highest BCUT2D eigenvalue weighted by molar-refractivity contribution is 5.98. The molecule has 2 heterocycles. The molecule has 1 aromatic heterocycles. The molecule has 0 aliphatic carbocycles. The molecular weight excluding hydrogens is 340 g/mol. The average molecular weight is 362 g/mol. The first kappa shape index (κ1) is 17.5. The highest BCUT2D eigenvalue weighted by Gasteiger charge is 2.36. The van der Waals surface area contributed by atoms with Gasteiger partial charge in [0.25, 0.3) is 0 Å². The number of nitrogens with one attached hydrogen (secondary N) is 1. The van der Waals surface area contributed by atoms with Crippen molar-refractivity contribution in [2.75, 3.05) is 18.0 Å². The number of anilines is 1. The first-order valence-electron chi connectivity index (χ1n) is 9.06. The van der Waals surface area contributed by atoms with Crippen LogP contribution in [0, 0.1) is 0 Å². The Hall–Kier alpha value is -2.96. The maximum absolute atomic E-state index is 13.0. The predicted octanol–water partition coefficient (Wildman–Crippen LogP) is 1.97. The standard InChI is InChI=1S/C21H22N4O2/c26-20(18-13-22-15-24(18)14-16-7-3-1-4-8-16)19-21(27)25(12-11-23-19)17-9-5-2-6-10-17/h1-10,13,15,19-20,23,26H,11-12,14H2. The van der Waals surface area contributed by atoms with Gasteiger partial charge in [0, 0.05) is 25.3 Å². The monoisotopic (exact) mass is 362 g/mol. The number of nitrogens with zero attached hydrogens (tertiary/aromatic N) is 3. The number of aromatic nitrogens is 2. The van der Waals surface area contributed by atoms with E-state index in [0.29, 0.717) is 25.3 Å². The molecule has 2 N–H and O–H groups in total. The van der Waals surface area contributed by atoms with Gasteiger partial charge < -0.3 is 19.9 Å². The van der Waals surface area contributed by atoms with Crippen molar-refractivity contribution >= 4 is 11.6 Å². The van der Waals surface area contributed by atoms with E-state index in [-0.39, 0.29) is 5.91 Å².